The van der Waals surface area contributed by atoms with Crippen LogP contribution in [0.2, 0.25) is 0 Å². The van der Waals surface area contributed by atoms with E-state index in [1.165, 1.54) is 19.3 Å². The SMILES string of the molecule is CC1(N2CCCCC2)COc2ccc(Br)cc2C1=O. The van der Waals surface area contributed by atoms with Crippen molar-refractivity contribution in [1.82, 2.24) is 4.90 Å². The van der Waals surface area contributed by atoms with E-state index in [2.05, 4.69) is 20.8 Å². The summed E-state index contributed by atoms with van der Waals surface area (Å²) in [4.78, 5) is 15.1. The van der Waals surface area contributed by atoms with Crippen LogP contribution in [0.3, 0.4) is 0 Å². The molecule has 0 aliphatic carbocycles. The summed E-state index contributed by atoms with van der Waals surface area (Å²) in [6.45, 7) is 4.47. The number of carbonyl (C=O) groups excluding carboxylic acids is 1. The third-order valence-electron chi connectivity index (χ3n) is 4.24. The molecule has 1 unspecified atom stereocenters. The number of halogens is 1. The maximum absolute atomic E-state index is 12.8. The maximum atomic E-state index is 12.8. The van der Waals surface area contributed by atoms with Gasteiger partial charge in [0.15, 0.2) is 5.78 Å². The average molecular weight is 324 g/mol. The quantitative estimate of drug-likeness (QED) is 0.794. The van der Waals surface area contributed by atoms with Gasteiger partial charge < -0.3 is 4.74 Å². The molecule has 0 N–H and O–H groups in total. The third kappa shape index (κ3) is 2.21. The summed E-state index contributed by atoms with van der Waals surface area (Å²) in [7, 11) is 0. The van der Waals surface area contributed by atoms with E-state index < -0.39 is 5.54 Å². The van der Waals surface area contributed by atoms with Gasteiger partial charge in [-0.3, -0.25) is 9.69 Å². The Hall–Kier alpha value is -0.870. The van der Waals surface area contributed by atoms with Gasteiger partial charge in [0.2, 0.25) is 0 Å². The minimum Gasteiger partial charge on any atom is -0.490 e. The van der Waals surface area contributed by atoms with Crippen LogP contribution in [0.1, 0.15) is 36.5 Å². The molecule has 1 saturated heterocycles. The Kier molecular flexibility index (Phi) is 3.39. The first-order chi connectivity index (χ1) is 9.11. The second-order valence-electron chi connectivity index (χ2n) is 5.58. The summed E-state index contributed by atoms with van der Waals surface area (Å²) in [5, 5.41) is 0. The molecule has 1 fully saturated rings. The summed E-state index contributed by atoms with van der Waals surface area (Å²) in [6, 6.07) is 5.65. The lowest BCUT2D eigenvalue weighted by Gasteiger charge is -2.44. The van der Waals surface area contributed by atoms with Gasteiger partial charge >= 0.3 is 0 Å². The Bertz CT molecular complexity index is 511. The molecule has 19 heavy (non-hydrogen) atoms. The molecular formula is C15H18BrNO2. The smallest absolute Gasteiger partial charge is 0.190 e. The van der Waals surface area contributed by atoms with Crippen LogP contribution in [0, 0.1) is 0 Å². The topological polar surface area (TPSA) is 29.5 Å². The number of hydrogen-bond donors (Lipinski definition) is 0. The molecule has 102 valence electrons. The predicted octanol–water partition coefficient (Wildman–Crippen LogP) is 3.27. The molecule has 1 aromatic carbocycles. The van der Waals surface area contributed by atoms with E-state index in [1.807, 2.05) is 25.1 Å². The Morgan fingerprint density at radius 3 is 2.74 bits per heavy atom. The van der Waals surface area contributed by atoms with Crippen molar-refractivity contribution >= 4 is 21.7 Å². The highest BCUT2D eigenvalue weighted by molar-refractivity contribution is 9.10. The lowest BCUT2D eigenvalue weighted by molar-refractivity contribution is 0.0251. The number of rotatable bonds is 1. The highest BCUT2D eigenvalue weighted by Crippen LogP contribution is 2.35. The van der Waals surface area contributed by atoms with Gasteiger partial charge in [0.25, 0.3) is 0 Å². The van der Waals surface area contributed by atoms with Gasteiger partial charge in [0.05, 0.1) is 5.56 Å². The first kappa shape index (κ1) is 13.1. The summed E-state index contributed by atoms with van der Waals surface area (Å²) in [5.74, 6) is 0.902. The monoisotopic (exact) mass is 323 g/mol. The minimum atomic E-state index is -0.506. The second-order valence-corrected chi connectivity index (χ2v) is 6.50. The van der Waals surface area contributed by atoms with Gasteiger partial charge in [-0.2, -0.15) is 0 Å². The number of fused-ring (bicyclic) bond motifs is 1. The second kappa shape index (κ2) is 4.91. The molecule has 0 aromatic heterocycles. The summed E-state index contributed by atoms with van der Waals surface area (Å²) >= 11 is 3.43. The van der Waals surface area contributed by atoms with Crippen molar-refractivity contribution in [3.63, 3.8) is 0 Å². The molecule has 2 aliphatic rings. The standard InChI is InChI=1S/C15H18BrNO2/c1-15(17-7-3-2-4-8-17)10-19-13-6-5-11(16)9-12(13)14(15)18/h5-6,9H,2-4,7-8,10H2,1H3. The van der Waals surface area contributed by atoms with Crippen LogP contribution in [-0.4, -0.2) is 35.9 Å². The number of benzene rings is 1. The van der Waals surface area contributed by atoms with Gasteiger partial charge in [-0.25, -0.2) is 0 Å². The van der Waals surface area contributed by atoms with E-state index in [9.17, 15) is 4.79 Å². The van der Waals surface area contributed by atoms with Crippen molar-refractivity contribution in [2.45, 2.75) is 31.7 Å². The number of piperidine rings is 1. The summed E-state index contributed by atoms with van der Waals surface area (Å²) < 4.78 is 6.76. The van der Waals surface area contributed by atoms with Gasteiger partial charge in [0, 0.05) is 4.47 Å². The fourth-order valence-corrected chi connectivity index (χ4v) is 3.36. The number of Topliss-reactive ketones (excluding diaryl/α,β-unsaturated/α-hetero) is 1. The Balaban J connectivity index is 1.95. The van der Waals surface area contributed by atoms with E-state index in [1.54, 1.807) is 0 Å². The number of hydrogen-bond acceptors (Lipinski definition) is 3. The molecule has 1 atom stereocenters. The number of nitrogens with zero attached hydrogens (tertiary/aromatic N) is 1. The Morgan fingerprint density at radius 1 is 1.26 bits per heavy atom. The highest BCUT2D eigenvalue weighted by atomic mass is 79.9. The van der Waals surface area contributed by atoms with Crippen molar-refractivity contribution in [1.29, 1.82) is 0 Å². The summed E-state index contributed by atoms with van der Waals surface area (Å²) in [5.41, 5.74) is 0.197. The zero-order valence-electron chi connectivity index (χ0n) is 11.1. The normalized spacial score (nSPS) is 27.8. The zero-order chi connectivity index (χ0) is 13.5. The van der Waals surface area contributed by atoms with Gasteiger partial charge in [0.1, 0.15) is 17.9 Å². The molecule has 2 aliphatic heterocycles. The number of ether oxygens (including phenoxy) is 1. The van der Waals surface area contributed by atoms with Gasteiger partial charge in [-0.1, -0.05) is 22.4 Å². The maximum Gasteiger partial charge on any atom is 0.190 e. The highest BCUT2D eigenvalue weighted by Gasteiger charge is 2.44. The molecule has 3 nitrogen and oxygen atoms in total. The van der Waals surface area contributed by atoms with Crippen LogP contribution in [0.25, 0.3) is 0 Å². The lowest BCUT2D eigenvalue weighted by Crippen LogP contribution is -2.59. The van der Waals surface area contributed by atoms with Gasteiger partial charge in [-0.05, 0) is 51.1 Å². The third-order valence-corrected chi connectivity index (χ3v) is 4.73. The van der Waals surface area contributed by atoms with E-state index >= 15 is 0 Å². The van der Waals surface area contributed by atoms with Crippen LogP contribution in [0.5, 0.6) is 5.75 Å². The van der Waals surface area contributed by atoms with Crippen LogP contribution in [0.15, 0.2) is 22.7 Å². The molecule has 0 amide bonds. The van der Waals surface area contributed by atoms with Crippen molar-refractivity contribution in [2.24, 2.45) is 0 Å². The van der Waals surface area contributed by atoms with Crippen molar-refractivity contribution < 1.29 is 9.53 Å². The molecule has 2 heterocycles. The first-order valence-electron chi connectivity index (χ1n) is 6.83. The summed E-state index contributed by atoms with van der Waals surface area (Å²) in [6.07, 6.45) is 3.62. The number of carbonyl (C=O) groups is 1. The molecular weight excluding hydrogens is 306 g/mol. The zero-order valence-corrected chi connectivity index (χ0v) is 12.7. The van der Waals surface area contributed by atoms with Crippen LogP contribution in [-0.2, 0) is 0 Å². The molecule has 0 radical (unpaired) electrons. The van der Waals surface area contributed by atoms with Crippen molar-refractivity contribution in [3.8, 4) is 5.75 Å². The van der Waals surface area contributed by atoms with Crippen LogP contribution < -0.4 is 4.74 Å². The molecule has 0 bridgehead atoms. The fourth-order valence-electron chi connectivity index (χ4n) is 3.00. The molecule has 3 rings (SSSR count). The molecule has 4 heteroatoms. The van der Waals surface area contributed by atoms with E-state index in [0.29, 0.717) is 17.9 Å². The van der Waals surface area contributed by atoms with Crippen molar-refractivity contribution in [3.05, 3.63) is 28.2 Å². The first-order valence-corrected chi connectivity index (χ1v) is 7.63. The molecule has 1 aromatic rings. The predicted molar refractivity (Wildman–Crippen MR) is 77.8 cm³/mol. The molecule has 0 saturated carbocycles. The Labute approximate surface area is 122 Å². The average Bonchev–Trinajstić information content (AvgIpc) is 2.45. The van der Waals surface area contributed by atoms with Crippen molar-refractivity contribution in [2.75, 3.05) is 19.7 Å². The Morgan fingerprint density at radius 2 is 2.00 bits per heavy atom. The van der Waals surface area contributed by atoms with E-state index in [-0.39, 0.29) is 5.78 Å². The van der Waals surface area contributed by atoms with E-state index in [0.717, 1.165) is 17.6 Å². The number of ketones is 1. The fraction of sp³-hybridized carbons (Fsp3) is 0.533. The minimum absolute atomic E-state index is 0.192. The molecule has 0 spiro atoms. The largest absolute Gasteiger partial charge is 0.490 e. The lowest BCUT2D eigenvalue weighted by atomic mass is 9.86. The van der Waals surface area contributed by atoms with Crippen LogP contribution >= 0.6 is 15.9 Å². The number of likely N-dealkylation sites (tertiary alicyclic amines) is 1. The van der Waals surface area contributed by atoms with Gasteiger partial charge in [-0.15, -0.1) is 0 Å². The van der Waals surface area contributed by atoms with Crippen LogP contribution in [0.4, 0.5) is 0 Å². The van der Waals surface area contributed by atoms with E-state index in [4.69, 9.17) is 4.74 Å².